The third kappa shape index (κ3) is 2.61. The Bertz CT molecular complexity index is 376. The molecule has 0 aromatic heterocycles. The minimum Gasteiger partial charge on any atom is -0.394 e. The predicted octanol–water partition coefficient (Wildman–Crippen LogP) is 1.79. The van der Waals surface area contributed by atoms with Gasteiger partial charge in [0.2, 0.25) is 0 Å². The second-order valence-corrected chi connectivity index (χ2v) is 5.16. The minimum atomic E-state index is 0.0993. The van der Waals surface area contributed by atoms with Gasteiger partial charge in [0.15, 0.2) is 0 Å². The molecule has 0 unspecified atom stereocenters. The zero-order valence-electron chi connectivity index (χ0n) is 10.6. The number of para-hydroxylation sites is 1. The van der Waals surface area contributed by atoms with Crippen molar-refractivity contribution in [1.82, 2.24) is 0 Å². The van der Waals surface area contributed by atoms with Crippen LogP contribution in [0.1, 0.15) is 19.4 Å². The maximum atomic E-state index is 8.66. The third-order valence-corrected chi connectivity index (χ3v) is 3.30. The van der Waals surface area contributed by atoms with Gasteiger partial charge in [-0.3, -0.25) is 0 Å². The highest BCUT2D eigenvalue weighted by atomic mass is 16.5. The molecule has 0 aliphatic carbocycles. The number of hydrogen-bond donors (Lipinski definition) is 1. The average Bonchev–Trinajstić information content (AvgIpc) is 2.58. The van der Waals surface area contributed by atoms with E-state index in [1.807, 2.05) is 0 Å². The van der Waals surface area contributed by atoms with Crippen LogP contribution in [-0.4, -0.2) is 38.0 Å². The lowest BCUT2D eigenvalue weighted by Crippen LogP contribution is -2.31. The summed E-state index contributed by atoms with van der Waals surface area (Å²) in [5.74, 6) is 0. The summed E-state index contributed by atoms with van der Waals surface area (Å²) < 4.78 is 5.34. The number of benzene rings is 1. The first kappa shape index (κ1) is 12.4. The van der Waals surface area contributed by atoms with E-state index in [9.17, 15) is 0 Å². The van der Waals surface area contributed by atoms with Gasteiger partial charge in [-0.05, 0) is 11.6 Å². The van der Waals surface area contributed by atoms with Crippen molar-refractivity contribution in [3.63, 3.8) is 0 Å². The Morgan fingerprint density at radius 2 is 2.06 bits per heavy atom. The smallest absolute Gasteiger partial charge is 0.0698 e. The van der Waals surface area contributed by atoms with E-state index in [2.05, 4.69) is 43.0 Å². The molecule has 0 bridgehead atoms. The van der Waals surface area contributed by atoms with E-state index in [1.54, 1.807) is 0 Å². The summed E-state index contributed by atoms with van der Waals surface area (Å²) in [7, 11) is 0. The van der Waals surface area contributed by atoms with Crippen LogP contribution in [0, 0.1) is 0 Å². The van der Waals surface area contributed by atoms with E-state index < -0.39 is 0 Å². The van der Waals surface area contributed by atoms with Crippen LogP contribution in [0.2, 0.25) is 0 Å². The van der Waals surface area contributed by atoms with Crippen molar-refractivity contribution in [3.05, 3.63) is 29.8 Å². The Kier molecular flexibility index (Phi) is 3.69. The zero-order chi connectivity index (χ0) is 12.3. The molecular weight excluding hydrogens is 214 g/mol. The molecule has 0 radical (unpaired) electrons. The fourth-order valence-electron chi connectivity index (χ4n) is 2.51. The summed E-state index contributed by atoms with van der Waals surface area (Å²) in [6, 6.07) is 8.58. The Balaban J connectivity index is 2.02. The number of fused-ring (bicyclic) bond motifs is 1. The first-order valence-corrected chi connectivity index (χ1v) is 6.18. The van der Waals surface area contributed by atoms with Crippen LogP contribution >= 0.6 is 0 Å². The number of rotatable bonds is 5. The second-order valence-electron chi connectivity index (χ2n) is 5.16. The Morgan fingerprint density at radius 3 is 2.82 bits per heavy atom. The van der Waals surface area contributed by atoms with E-state index in [0.29, 0.717) is 13.2 Å². The molecule has 0 spiro atoms. The van der Waals surface area contributed by atoms with E-state index in [4.69, 9.17) is 9.84 Å². The topological polar surface area (TPSA) is 32.7 Å². The average molecular weight is 235 g/mol. The molecule has 1 aromatic rings. The first-order chi connectivity index (χ1) is 8.15. The van der Waals surface area contributed by atoms with Gasteiger partial charge in [-0.15, -0.1) is 0 Å². The van der Waals surface area contributed by atoms with Gasteiger partial charge in [0.05, 0.1) is 19.8 Å². The molecule has 0 saturated heterocycles. The summed E-state index contributed by atoms with van der Waals surface area (Å²) in [6.07, 6.45) is 0. The van der Waals surface area contributed by atoms with Crippen molar-refractivity contribution in [2.24, 2.45) is 0 Å². The Morgan fingerprint density at radius 1 is 1.29 bits per heavy atom. The molecule has 1 aliphatic heterocycles. The maximum absolute atomic E-state index is 8.66. The number of aliphatic hydroxyl groups excluding tert-OH is 1. The second kappa shape index (κ2) is 5.07. The Hall–Kier alpha value is -1.06. The van der Waals surface area contributed by atoms with Gasteiger partial charge < -0.3 is 14.7 Å². The number of anilines is 1. The predicted molar refractivity (Wildman–Crippen MR) is 69.6 cm³/mol. The van der Waals surface area contributed by atoms with Crippen LogP contribution < -0.4 is 4.90 Å². The number of nitrogens with zero attached hydrogens (tertiary/aromatic N) is 1. The van der Waals surface area contributed by atoms with Crippen LogP contribution in [0.25, 0.3) is 0 Å². The highest BCUT2D eigenvalue weighted by molar-refractivity contribution is 5.62. The lowest BCUT2D eigenvalue weighted by Gasteiger charge is -2.22. The van der Waals surface area contributed by atoms with Crippen molar-refractivity contribution < 1.29 is 9.84 Å². The number of aliphatic hydroxyl groups is 1. The van der Waals surface area contributed by atoms with Crippen molar-refractivity contribution in [2.75, 3.05) is 37.8 Å². The van der Waals surface area contributed by atoms with Crippen LogP contribution in [0.5, 0.6) is 0 Å². The molecule has 1 heterocycles. The first-order valence-electron chi connectivity index (χ1n) is 6.18. The summed E-state index contributed by atoms with van der Waals surface area (Å²) >= 11 is 0. The van der Waals surface area contributed by atoms with Gasteiger partial charge in [0.1, 0.15) is 0 Å². The summed E-state index contributed by atoms with van der Waals surface area (Å²) in [6.45, 7) is 7.68. The molecule has 0 saturated carbocycles. The van der Waals surface area contributed by atoms with E-state index in [0.717, 1.165) is 13.1 Å². The van der Waals surface area contributed by atoms with Crippen LogP contribution in [-0.2, 0) is 10.2 Å². The quantitative estimate of drug-likeness (QED) is 0.790. The SMILES string of the molecule is CC1(C)CN(CCOCCO)c2ccccc21. The van der Waals surface area contributed by atoms with Crippen LogP contribution in [0.15, 0.2) is 24.3 Å². The van der Waals surface area contributed by atoms with Gasteiger partial charge in [-0.25, -0.2) is 0 Å². The summed E-state index contributed by atoms with van der Waals surface area (Å²) in [5.41, 5.74) is 2.96. The molecule has 0 atom stereocenters. The molecule has 94 valence electrons. The highest BCUT2D eigenvalue weighted by Crippen LogP contribution is 2.39. The summed E-state index contributed by atoms with van der Waals surface area (Å²) in [4.78, 5) is 2.37. The van der Waals surface area contributed by atoms with Gasteiger partial charge in [0, 0.05) is 24.2 Å². The standard InChI is InChI=1S/C14H21NO2/c1-14(2)11-15(7-9-17-10-8-16)13-6-4-3-5-12(13)14/h3-6,16H,7-11H2,1-2H3. The lowest BCUT2D eigenvalue weighted by atomic mass is 9.87. The van der Waals surface area contributed by atoms with Crippen molar-refractivity contribution in [2.45, 2.75) is 19.3 Å². The molecule has 17 heavy (non-hydrogen) atoms. The zero-order valence-corrected chi connectivity index (χ0v) is 10.6. The van der Waals surface area contributed by atoms with Gasteiger partial charge in [-0.1, -0.05) is 32.0 Å². The monoisotopic (exact) mass is 235 g/mol. The largest absolute Gasteiger partial charge is 0.394 e. The highest BCUT2D eigenvalue weighted by Gasteiger charge is 2.34. The molecule has 1 aliphatic rings. The number of hydrogen-bond acceptors (Lipinski definition) is 3. The molecule has 3 nitrogen and oxygen atoms in total. The molecule has 1 N–H and O–H groups in total. The van der Waals surface area contributed by atoms with Crippen molar-refractivity contribution in [3.8, 4) is 0 Å². The van der Waals surface area contributed by atoms with Crippen molar-refractivity contribution in [1.29, 1.82) is 0 Å². The van der Waals surface area contributed by atoms with Crippen molar-refractivity contribution >= 4 is 5.69 Å². The molecule has 1 aromatic carbocycles. The fraction of sp³-hybridized carbons (Fsp3) is 0.571. The van der Waals surface area contributed by atoms with E-state index in [-0.39, 0.29) is 12.0 Å². The van der Waals surface area contributed by atoms with E-state index >= 15 is 0 Å². The van der Waals surface area contributed by atoms with Crippen LogP contribution in [0.3, 0.4) is 0 Å². The number of ether oxygens (including phenoxy) is 1. The fourth-order valence-corrected chi connectivity index (χ4v) is 2.51. The van der Waals surface area contributed by atoms with Gasteiger partial charge >= 0.3 is 0 Å². The van der Waals surface area contributed by atoms with E-state index in [1.165, 1.54) is 11.3 Å². The molecule has 0 fully saturated rings. The van der Waals surface area contributed by atoms with Gasteiger partial charge in [-0.2, -0.15) is 0 Å². The van der Waals surface area contributed by atoms with Crippen LogP contribution in [0.4, 0.5) is 5.69 Å². The Labute approximate surface area is 103 Å². The maximum Gasteiger partial charge on any atom is 0.0698 e. The summed E-state index contributed by atoms with van der Waals surface area (Å²) in [5, 5.41) is 8.66. The molecular formula is C14H21NO2. The minimum absolute atomic E-state index is 0.0993. The molecule has 3 heteroatoms. The normalized spacial score (nSPS) is 17.2. The lowest BCUT2D eigenvalue weighted by molar-refractivity contribution is 0.0966. The molecule has 2 rings (SSSR count). The van der Waals surface area contributed by atoms with Gasteiger partial charge in [0.25, 0.3) is 0 Å². The molecule has 0 amide bonds. The third-order valence-electron chi connectivity index (χ3n) is 3.30.